The third-order valence-corrected chi connectivity index (χ3v) is 1.79. The number of nitrogens with one attached hydrogen (secondary N) is 2. The summed E-state index contributed by atoms with van der Waals surface area (Å²) in [5, 5.41) is 0. The fourth-order valence-electron chi connectivity index (χ4n) is 1.14. The Morgan fingerprint density at radius 2 is 2.07 bits per heavy atom. The van der Waals surface area contributed by atoms with Crippen molar-refractivity contribution in [2.45, 2.75) is 0 Å². The average Bonchev–Trinajstić information content (AvgIpc) is 2.19. The van der Waals surface area contributed by atoms with Gasteiger partial charge in [0.05, 0.1) is 5.56 Å². The molecule has 0 amide bonds. The lowest BCUT2D eigenvalue weighted by Crippen LogP contribution is -2.22. The van der Waals surface area contributed by atoms with Gasteiger partial charge in [0, 0.05) is 6.20 Å². The minimum absolute atomic E-state index is 0.409. The van der Waals surface area contributed by atoms with Gasteiger partial charge >= 0.3 is 5.69 Å². The second kappa shape index (κ2) is 3.23. The zero-order chi connectivity index (χ0) is 9.97. The Labute approximate surface area is 79.3 Å². The number of H-pyrrole nitrogens is 2. The Kier molecular flexibility index (Phi) is 1.92. The Morgan fingerprint density at radius 3 is 2.71 bits per heavy atom. The molecule has 0 aliphatic heterocycles. The zero-order valence-corrected chi connectivity index (χ0v) is 7.13. The molecule has 0 spiro atoms. The number of hydrogen-bond acceptors (Lipinski definition) is 2. The van der Waals surface area contributed by atoms with E-state index >= 15 is 0 Å². The molecule has 0 saturated heterocycles. The van der Waals surface area contributed by atoms with E-state index in [0.717, 1.165) is 0 Å². The molecule has 2 N–H and O–H groups in total. The van der Waals surface area contributed by atoms with Gasteiger partial charge in [0.25, 0.3) is 5.56 Å². The quantitative estimate of drug-likeness (QED) is 0.674. The van der Waals surface area contributed by atoms with Gasteiger partial charge in [0.15, 0.2) is 0 Å². The fourth-order valence-corrected chi connectivity index (χ4v) is 1.14. The second-order valence-corrected chi connectivity index (χ2v) is 2.71. The molecule has 1 heterocycles. The van der Waals surface area contributed by atoms with Crippen molar-refractivity contribution in [3.05, 3.63) is 57.4 Å². The van der Waals surface area contributed by atoms with E-state index in [1.54, 1.807) is 18.2 Å². The van der Waals surface area contributed by atoms with E-state index in [1.807, 2.05) is 0 Å². The average molecular weight is 186 g/mol. The molecule has 0 aliphatic rings. The van der Waals surface area contributed by atoms with E-state index in [1.165, 1.54) is 6.20 Å². The summed E-state index contributed by atoms with van der Waals surface area (Å²) in [4.78, 5) is 26.6. The molecular formula is C10H6N2O2. The van der Waals surface area contributed by atoms with Crippen molar-refractivity contribution in [3.63, 3.8) is 0 Å². The highest BCUT2D eigenvalue weighted by molar-refractivity contribution is 5.59. The molecule has 0 saturated carbocycles. The molecule has 0 atom stereocenters. The predicted molar refractivity (Wildman–Crippen MR) is 50.8 cm³/mol. The van der Waals surface area contributed by atoms with E-state index in [9.17, 15) is 9.59 Å². The van der Waals surface area contributed by atoms with Crippen LogP contribution in [0.4, 0.5) is 0 Å². The van der Waals surface area contributed by atoms with Gasteiger partial charge < -0.3 is 4.98 Å². The van der Waals surface area contributed by atoms with Crippen LogP contribution in [0.15, 0.2) is 34.0 Å². The number of hydrogen-bond donors (Lipinski definition) is 2. The summed E-state index contributed by atoms with van der Waals surface area (Å²) in [6, 6.07) is 10.5. The topological polar surface area (TPSA) is 65.7 Å². The summed E-state index contributed by atoms with van der Waals surface area (Å²) in [7, 11) is 0. The molecule has 1 aromatic heterocycles. The van der Waals surface area contributed by atoms with Gasteiger partial charge in [-0.2, -0.15) is 0 Å². The largest absolute Gasteiger partial charge is 0.325 e. The van der Waals surface area contributed by atoms with Crippen molar-refractivity contribution in [1.82, 2.24) is 9.97 Å². The molecule has 68 valence electrons. The summed E-state index contributed by atoms with van der Waals surface area (Å²) in [6.07, 6.45) is 1.38. The molecule has 0 radical (unpaired) electrons. The molecular weight excluding hydrogens is 180 g/mol. The third kappa shape index (κ3) is 1.43. The van der Waals surface area contributed by atoms with Gasteiger partial charge in [-0.15, -0.1) is 0 Å². The van der Waals surface area contributed by atoms with Crippen LogP contribution in [0.2, 0.25) is 0 Å². The van der Waals surface area contributed by atoms with Crippen molar-refractivity contribution in [3.8, 4) is 11.1 Å². The fraction of sp³-hybridized carbons (Fsp3) is 0. The Bertz CT molecular complexity index is 540. The molecule has 2 rings (SSSR count). The monoisotopic (exact) mass is 186 g/mol. The summed E-state index contributed by atoms with van der Waals surface area (Å²) in [5.41, 5.74) is 0.190. The first-order chi connectivity index (χ1) is 6.77. The maximum Gasteiger partial charge on any atom is 0.325 e. The molecule has 0 aliphatic carbocycles. The first-order valence-electron chi connectivity index (χ1n) is 3.97. The van der Waals surface area contributed by atoms with Crippen LogP contribution in [0, 0.1) is 12.1 Å². The lowest BCUT2D eigenvalue weighted by atomic mass is 10.1. The zero-order valence-electron chi connectivity index (χ0n) is 7.13. The highest BCUT2D eigenvalue weighted by atomic mass is 16.2. The van der Waals surface area contributed by atoms with E-state index < -0.39 is 11.2 Å². The van der Waals surface area contributed by atoms with Gasteiger partial charge in [0.1, 0.15) is 0 Å². The van der Waals surface area contributed by atoms with Crippen LogP contribution in [-0.2, 0) is 0 Å². The highest BCUT2D eigenvalue weighted by Gasteiger charge is 2.01. The summed E-state index contributed by atoms with van der Waals surface area (Å²) >= 11 is 0. The predicted octanol–water partition coefficient (Wildman–Crippen LogP) is 0.331. The van der Waals surface area contributed by atoms with Gasteiger partial charge in [-0.1, -0.05) is 12.1 Å². The number of rotatable bonds is 1. The van der Waals surface area contributed by atoms with Crippen LogP contribution in [0.5, 0.6) is 0 Å². The summed E-state index contributed by atoms with van der Waals surface area (Å²) in [6.45, 7) is 0. The lowest BCUT2D eigenvalue weighted by molar-refractivity contribution is 1.04. The summed E-state index contributed by atoms with van der Waals surface area (Å²) < 4.78 is 0. The van der Waals surface area contributed by atoms with E-state index in [2.05, 4.69) is 22.1 Å². The summed E-state index contributed by atoms with van der Waals surface area (Å²) in [5.74, 6) is 0. The number of aromatic nitrogens is 2. The van der Waals surface area contributed by atoms with Crippen molar-refractivity contribution >= 4 is 0 Å². The van der Waals surface area contributed by atoms with E-state index in [-0.39, 0.29) is 0 Å². The molecule has 0 unspecified atom stereocenters. The Balaban J connectivity index is 2.64. The molecule has 0 bridgehead atoms. The number of aromatic amines is 2. The molecule has 1 aromatic carbocycles. The van der Waals surface area contributed by atoms with E-state index in [4.69, 9.17) is 0 Å². The molecule has 2 aromatic rings. The highest BCUT2D eigenvalue weighted by Crippen LogP contribution is 2.09. The molecule has 0 fully saturated rings. The molecule has 14 heavy (non-hydrogen) atoms. The second-order valence-electron chi connectivity index (χ2n) is 2.71. The van der Waals surface area contributed by atoms with Gasteiger partial charge in [0.2, 0.25) is 0 Å². The smallest absolute Gasteiger partial charge is 0.313 e. The van der Waals surface area contributed by atoms with Crippen LogP contribution < -0.4 is 11.2 Å². The normalized spacial score (nSPS) is 9.43. The molecule has 4 nitrogen and oxygen atoms in total. The van der Waals surface area contributed by atoms with Crippen molar-refractivity contribution in [2.24, 2.45) is 0 Å². The first-order valence-corrected chi connectivity index (χ1v) is 3.97. The van der Waals surface area contributed by atoms with Crippen LogP contribution in [0.3, 0.4) is 0 Å². The van der Waals surface area contributed by atoms with Crippen LogP contribution >= 0.6 is 0 Å². The Hall–Kier alpha value is -2.28. The van der Waals surface area contributed by atoms with Crippen LogP contribution in [0.1, 0.15) is 0 Å². The van der Waals surface area contributed by atoms with Gasteiger partial charge in [-0.3, -0.25) is 9.78 Å². The van der Waals surface area contributed by atoms with E-state index in [0.29, 0.717) is 11.1 Å². The first kappa shape index (κ1) is 8.32. The lowest BCUT2D eigenvalue weighted by Gasteiger charge is -1.95. The standard InChI is InChI=1S/C10H6N2O2/c13-9-8(6-11-10(14)12-9)7-4-2-1-3-5-7/h2,4-6H,(H2,11,12,13,14). The molecule has 4 heteroatoms. The van der Waals surface area contributed by atoms with Crippen molar-refractivity contribution < 1.29 is 0 Å². The van der Waals surface area contributed by atoms with Gasteiger partial charge in [-0.05, 0) is 23.8 Å². The van der Waals surface area contributed by atoms with Gasteiger partial charge in [-0.25, -0.2) is 4.79 Å². The third-order valence-electron chi connectivity index (χ3n) is 1.79. The minimum Gasteiger partial charge on any atom is -0.313 e. The minimum atomic E-state index is -0.509. The SMILES string of the molecule is O=c1[nH]cc(-c2cc#ccc2)c(=O)[nH]1. The van der Waals surface area contributed by atoms with Crippen LogP contribution in [0.25, 0.3) is 11.1 Å². The van der Waals surface area contributed by atoms with Crippen molar-refractivity contribution in [2.75, 3.05) is 0 Å². The Morgan fingerprint density at radius 1 is 1.21 bits per heavy atom. The van der Waals surface area contributed by atoms with Crippen molar-refractivity contribution in [1.29, 1.82) is 0 Å². The maximum atomic E-state index is 11.3. The van der Waals surface area contributed by atoms with Crippen LogP contribution in [-0.4, -0.2) is 9.97 Å². The maximum absolute atomic E-state index is 11.3.